The molecule has 1 fully saturated rings. The van der Waals surface area contributed by atoms with Gasteiger partial charge >= 0.3 is 0 Å². The Kier molecular flexibility index (Phi) is 8.29. The molecule has 1 N–H and O–H groups in total. The van der Waals surface area contributed by atoms with Crippen LogP contribution in [0.5, 0.6) is 0 Å². The number of amides is 2. The van der Waals surface area contributed by atoms with Crippen molar-refractivity contribution in [3.63, 3.8) is 0 Å². The Morgan fingerprint density at radius 2 is 1.87 bits per heavy atom. The monoisotopic (exact) mass is 428 g/mol. The Bertz CT molecular complexity index is 820. The number of benzene rings is 2. The number of ether oxygens (including phenoxy) is 1. The van der Waals surface area contributed by atoms with Gasteiger partial charge in [-0.3, -0.25) is 9.59 Å². The Balaban J connectivity index is 1.65. The number of nitrogens with one attached hydrogen (secondary N) is 1. The first-order chi connectivity index (χ1) is 14.5. The zero-order chi connectivity index (χ0) is 21.3. The highest BCUT2D eigenvalue weighted by molar-refractivity contribution is 6.30. The molecule has 0 aromatic heterocycles. The van der Waals surface area contributed by atoms with E-state index in [-0.39, 0.29) is 17.9 Å². The van der Waals surface area contributed by atoms with Crippen LogP contribution in [0.25, 0.3) is 0 Å². The molecule has 3 rings (SSSR count). The quantitative estimate of drug-likeness (QED) is 0.657. The van der Waals surface area contributed by atoms with Crippen LogP contribution < -0.4 is 5.32 Å². The summed E-state index contributed by atoms with van der Waals surface area (Å²) in [5.74, 6) is -0.207. The van der Waals surface area contributed by atoms with Gasteiger partial charge < -0.3 is 15.0 Å². The van der Waals surface area contributed by atoms with Crippen molar-refractivity contribution < 1.29 is 14.3 Å². The summed E-state index contributed by atoms with van der Waals surface area (Å²) in [6.07, 6.45) is 3.04. The average molecular weight is 429 g/mol. The first-order valence-corrected chi connectivity index (χ1v) is 10.9. The minimum absolute atomic E-state index is 0.0476. The van der Waals surface area contributed by atoms with Gasteiger partial charge in [-0.2, -0.15) is 0 Å². The van der Waals surface area contributed by atoms with Crippen molar-refractivity contribution in [2.45, 2.75) is 51.3 Å². The van der Waals surface area contributed by atoms with Gasteiger partial charge in [-0.15, -0.1) is 0 Å². The van der Waals surface area contributed by atoms with Crippen LogP contribution in [-0.4, -0.2) is 42.0 Å². The molecule has 0 bridgehead atoms. The van der Waals surface area contributed by atoms with Gasteiger partial charge in [0, 0.05) is 31.1 Å². The molecule has 160 valence electrons. The normalized spacial score (nSPS) is 16.8. The van der Waals surface area contributed by atoms with E-state index in [2.05, 4.69) is 5.32 Å². The third-order valence-electron chi connectivity index (χ3n) is 5.43. The highest BCUT2D eigenvalue weighted by atomic mass is 35.5. The molecule has 1 heterocycles. The number of carbonyl (C=O) groups excluding carboxylic acids is 2. The lowest BCUT2D eigenvalue weighted by Gasteiger charge is -2.29. The number of aryl methyl sites for hydroxylation is 1. The predicted octanol–water partition coefficient (Wildman–Crippen LogP) is 3.99. The minimum atomic E-state index is -0.578. The molecule has 1 saturated heterocycles. The Morgan fingerprint density at radius 3 is 2.53 bits per heavy atom. The maximum Gasteiger partial charge on any atom is 0.242 e. The van der Waals surface area contributed by atoms with Gasteiger partial charge in [-0.25, -0.2) is 0 Å². The summed E-state index contributed by atoms with van der Waals surface area (Å²) in [5.41, 5.74) is 2.04. The van der Waals surface area contributed by atoms with E-state index in [4.69, 9.17) is 16.3 Å². The lowest BCUT2D eigenvalue weighted by molar-refractivity contribution is -0.140. The van der Waals surface area contributed by atoms with Crippen LogP contribution in [0.4, 0.5) is 0 Å². The predicted molar refractivity (Wildman–Crippen MR) is 118 cm³/mol. The number of halogens is 1. The van der Waals surface area contributed by atoms with Gasteiger partial charge in [0.25, 0.3) is 0 Å². The third kappa shape index (κ3) is 6.57. The van der Waals surface area contributed by atoms with E-state index in [9.17, 15) is 9.59 Å². The molecule has 2 amide bonds. The molecule has 5 nitrogen and oxygen atoms in total. The van der Waals surface area contributed by atoms with E-state index in [0.717, 1.165) is 30.6 Å². The molecule has 0 spiro atoms. The zero-order valence-electron chi connectivity index (χ0n) is 17.4. The first kappa shape index (κ1) is 22.3. The Hall–Kier alpha value is -2.37. The number of carbonyl (C=O) groups is 2. The molecule has 0 saturated carbocycles. The van der Waals surface area contributed by atoms with E-state index in [1.54, 1.807) is 24.0 Å². The van der Waals surface area contributed by atoms with Crippen LogP contribution in [0.2, 0.25) is 5.02 Å². The van der Waals surface area contributed by atoms with Gasteiger partial charge in [0.1, 0.15) is 6.04 Å². The highest BCUT2D eigenvalue weighted by Crippen LogP contribution is 2.16. The molecule has 0 unspecified atom stereocenters. The molecule has 2 aromatic carbocycles. The van der Waals surface area contributed by atoms with Crippen molar-refractivity contribution in [1.29, 1.82) is 0 Å². The summed E-state index contributed by atoms with van der Waals surface area (Å²) in [7, 11) is 0. The summed E-state index contributed by atoms with van der Waals surface area (Å²) in [6, 6.07) is 16.7. The standard InChI is InChI=1S/C24H29ClN2O3/c1-18(24(29)26-16-22-8-5-15-30-22)27(17-20-9-12-21(25)13-10-20)23(28)14-11-19-6-3-2-4-7-19/h2-4,6-7,9-10,12-13,18,22H,5,8,11,14-17H2,1H3,(H,26,29)/t18-,22+/m0/s1. The first-order valence-electron chi connectivity index (χ1n) is 10.5. The minimum Gasteiger partial charge on any atom is -0.376 e. The van der Waals surface area contributed by atoms with Gasteiger partial charge in [0.15, 0.2) is 0 Å². The van der Waals surface area contributed by atoms with Crippen molar-refractivity contribution in [3.8, 4) is 0 Å². The van der Waals surface area contributed by atoms with Crippen LogP contribution in [0.1, 0.15) is 37.3 Å². The van der Waals surface area contributed by atoms with Crippen molar-refractivity contribution >= 4 is 23.4 Å². The summed E-state index contributed by atoms with van der Waals surface area (Å²) in [5, 5.41) is 3.59. The molecule has 0 radical (unpaired) electrons. The Morgan fingerprint density at radius 1 is 1.13 bits per heavy atom. The van der Waals surface area contributed by atoms with Gasteiger partial charge in [-0.1, -0.05) is 54.1 Å². The Labute approximate surface area is 183 Å². The summed E-state index contributed by atoms with van der Waals surface area (Å²) >= 11 is 5.99. The molecule has 2 atom stereocenters. The van der Waals surface area contributed by atoms with E-state index >= 15 is 0 Å². The second-order valence-corrected chi connectivity index (χ2v) is 8.13. The highest BCUT2D eigenvalue weighted by Gasteiger charge is 2.27. The van der Waals surface area contributed by atoms with Crippen LogP contribution in [0.15, 0.2) is 54.6 Å². The molecule has 2 aromatic rings. The third-order valence-corrected chi connectivity index (χ3v) is 5.68. The molecular formula is C24H29ClN2O3. The molecular weight excluding hydrogens is 400 g/mol. The van der Waals surface area contributed by atoms with Gasteiger partial charge in [-0.05, 0) is 49.4 Å². The summed E-state index contributed by atoms with van der Waals surface area (Å²) in [4.78, 5) is 27.5. The summed E-state index contributed by atoms with van der Waals surface area (Å²) < 4.78 is 5.58. The number of rotatable bonds is 9. The maximum atomic E-state index is 13.1. The van der Waals surface area contributed by atoms with Crippen LogP contribution >= 0.6 is 11.6 Å². The van der Waals surface area contributed by atoms with Crippen LogP contribution in [-0.2, 0) is 27.3 Å². The molecule has 0 aliphatic carbocycles. The van der Waals surface area contributed by atoms with Crippen molar-refractivity contribution in [2.75, 3.05) is 13.2 Å². The molecule has 1 aliphatic rings. The van der Waals surface area contributed by atoms with E-state index in [1.165, 1.54) is 0 Å². The van der Waals surface area contributed by atoms with Crippen molar-refractivity contribution in [1.82, 2.24) is 10.2 Å². The topological polar surface area (TPSA) is 58.6 Å². The second-order valence-electron chi connectivity index (χ2n) is 7.69. The average Bonchev–Trinajstić information content (AvgIpc) is 3.29. The molecule has 1 aliphatic heterocycles. The molecule has 30 heavy (non-hydrogen) atoms. The number of hydrogen-bond acceptors (Lipinski definition) is 3. The molecule has 6 heteroatoms. The van der Waals surface area contributed by atoms with E-state index in [1.807, 2.05) is 42.5 Å². The zero-order valence-corrected chi connectivity index (χ0v) is 18.1. The number of nitrogens with zero attached hydrogens (tertiary/aromatic N) is 1. The van der Waals surface area contributed by atoms with E-state index < -0.39 is 6.04 Å². The van der Waals surface area contributed by atoms with Crippen molar-refractivity contribution in [2.24, 2.45) is 0 Å². The number of hydrogen-bond donors (Lipinski definition) is 1. The van der Waals surface area contributed by atoms with Gasteiger partial charge in [0.2, 0.25) is 11.8 Å². The fraction of sp³-hybridized carbons (Fsp3) is 0.417. The second kappa shape index (κ2) is 11.1. The fourth-order valence-corrected chi connectivity index (χ4v) is 3.70. The largest absolute Gasteiger partial charge is 0.376 e. The van der Waals surface area contributed by atoms with Crippen LogP contribution in [0.3, 0.4) is 0 Å². The lowest BCUT2D eigenvalue weighted by atomic mass is 10.1. The van der Waals surface area contributed by atoms with Crippen LogP contribution in [0, 0.1) is 0 Å². The lowest BCUT2D eigenvalue weighted by Crippen LogP contribution is -2.49. The van der Waals surface area contributed by atoms with Crippen molar-refractivity contribution in [3.05, 3.63) is 70.7 Å². The SMILES string of the molecule is C[C@@H](C(=O)NC[C@H]1CCCO1)N(Cc1ccc(Cl)cc1)C(=O)CCc1ccccc1. The van der Waals surface area contributed by atoms with Gasteiger partial charge in [0.05, 0.1) is 6.10 Å². The smallest absolute Gasteiger partial charge is 0.242 e. The van der Waals surface area contributed by atoms with E-state index in [0.29, 0.717) is 31.0 Å². The fourth-order valence-electron chi connectivity index (χ4n) is 3.58. The maximum absolute atomic E-state index is 13.1. The summed E-state index contributed by atoms with van der Waals surface area (Å²) in [6.45, 7) is 3.37.